The van der Waals surface area contributed by atoms with Crippen molar-refractivity contribution in [1.82, 2.24) is 15.0 Å². The lowest BCUT2D eigenvalue weighted by Crippen LogP contribution is -2.10. The summed E-state index contributed by atoms with van der Waals surface area (Å²) in [5.74, 6) is -0.121. The molecule has 29 heavy (non-hydrogen) atoms. The summed E-state index contributed by atoms with van der Waals surface area (Å²) in [5, 5.41) is 6.06. The van der Waals surface area contributed by atoms with Crippen LogP contribution in [0.5, 0.6) is 0 Å². The van der Waals surface area contributed by atoms with E-state index in [9.17, 15) is 13.2 Å². The molecule has 9 heteroatoms. The highest BCUT2D eigenvalue weighted by Crippen LogP contribution is 2.29. The quantitative estimate of drug-likeness (QED) is 0.559. The van der Waals surface area contributed by atoms with Crippen LogP contribution in [-0.4, -0.2) is 35.2 Å². The number of hydrogen-bond acceptors (Lipinski definition) is 6. The molecular formula is C20H20F3N5O. The molecule has 0 saturated heterocycles. The molecular weight excluding hydrogens is 383 g/mol. The first-order valence-corrected chi connectivity index (χ1v) is 8.82. The van der Waals surface area contributed by atoms with Crippen molar-refractivity contribution >= 4 is 17.3 Å². The van der Waals surface area contributed by atoms with E-state index in [1.54, 1.807) is 25.6 Å². The number of ether oxygens (including phenoxy) is 1. The SMILES string of the molecule is COCCNc1cncc(-c2cc(C)cc(Nc3nccc(C(F)(F)F)n3)c2)c1. The fraction of sp³-hybridized carbons (Fsp3) is 0.250. The third kappa shape index (κ3) is 5.64. The van der Waals surface area contributed by atoms with Crippen LogP contribution < -0.4 is 10.6 Å². The van der Waals surface area contributed by atoms with Crippen LogP contribution in [0.3, 0.4) is 0 Å². The molecule has 2 aromatic heterocycles. The molecule has 0 saturated carbocycles. The van der Waals surface area contributed by atoms with Crippen LogP contribution in [0.25, 0.3) is 11.1 Å². The minimum Gasteiger partial charge on any atom is -0.383 e. The fourth-order valence-corrected chi connectivity index (χ4v) is 2.72. The van der Waals surface area contributed by atoms with Gasteiger partial charge < -0.3 is 15.4 Å². The molecule has 0 aliphatic heterocycles. The molecule has 0 amide bonds. The van der Waals surface area contributed by atoms with Crippen molar-refractivity contribution in [3.8, 4) is 11.1 Å². The molecule has 0 radical (unpaired) electrons. The smallest absolute Gasteiger partial charge is 0.383 e. The predicted octanol–water partition coefficient (Wildman–Crippen LogP) is 4.67. The number of aryl methyl sites for hydroxylation is 1. The van der Waals surface area contributed by atoms with Crippen LogP contribution in [0.1, 0.15) is 11.3 Å². The molecule has 2 N–H and O–H groups in total. The molecule has 3 aromatic rings. The van der Waals surface area contributed by atoms with Gasteiger partial charge in [0.2, 0.25) is 5.95 Å². The Labute approximate surface area is 166 Å². The van der Waals surface area contributed by atoms with Crippen LogP contribution in [0.4, 0.5) is 30.5 Å². The molecule has 0 aliphatic rings. The van der Waals surface area contributed by atoms with E-state index in [0.717, 1.165) is 34.6 Å². The van der Waals surface area contributed by atoms with Crippen LogP contribution in [0, 0.1) is 6.92 Å². The summed E-state index contributed by atoms with van der Waals surface area (Å²) in [5.41, 5.74) is 3.08. The number of pyridine rings is 1. The summed E-state index contributed by atoms with van der Waals surface area (Å²) in [4.78, 5) is 11.7. The molecule has 0 unspecified atom stereocenters. The average Bonchev–Trinajstić information content (AvgIpc) is 2.68. The van der Waals surface area contributed by atoms with E-state index in [1.165, 1.54) is 0 Å². The van der Waals surface area contributed by atoms with Crippen molar-refractivity contribution < 1.29 is 17.9 Å². The minimum atomic E-state index is -4.53. The summed E-state index contributed by atoms with van der Waals surface area (Å²) in [6.45, 7) is 3.12. The number of methoxy groups -OCH3 is 1. The van der Waals surface area contributed by atoms with E-state index >= 15 is 0 Å². The number of halogens is 3. The molecule has 152 valence electrons. The third-order valence-corrected chi connectivity index (χ3v) is 3.99. The summed E-state index contributed by atoms with van der Waals surface area (Å²) in [7, 11) is 1.63. The summed E-state index contributed by atoms with van der Waals surface area (Å²) < 4.78 is 43.6. The average molecular weight is 403 g/mol. The first-order valence-electron chi connectivity index (χ1n) is 8.82. The minimum absolute atomic E-state index is 0.121. The molecule has 6 nitrogen and oxygen atoms in total. The largest absolute Gasteiger partial charge is 0.433 e. The highest BCUT2D eigenvalue weighted by atomic mass is 19.4. The van der Waals surface area contributed by atoms with Gasteiger partial charge in [0.05, 0.1) is 12.3 Å². The Morgan fingerprint density at radius 2 is 1.83 bits per heavy atom. The maximum atomic E-state index is 12.9. The second-order valence-corrected chi connectivity index (χ2v) is 6.36. The zero-order valence-electron chi connectivity index (χ0n) is 15.9. The van der Waals surface area contributed by atoms with Crippen molar-refractivity contribution in [3.63, 3.8) is 0 Å². The van der Waals surface area contributed by atoms with Crippen LogP contribution in [0.15, 0.2) is 48.9 Å². The van der Waals surface area contributed by atoms with Gasteiger partial charge in [-0.2, -0.15) is 13.2 Å². The van der Waals surface area contributed by atoms with E-state index in [-0.39, 0.29) is 5.95 Å². The molecule has 0 bridgehead atoms. The lowest BCUT2D eigenvalue weighted by Gasteiger charge is -2.12. The van der Waals surface area contributed by atoms with Crippen molar-refractivity contribution in [3.05, 3.63) is 60.2 Å². The van der Waals surface area contributed by atoms with Gasteiger partial charge in [0, 0.05) is 43.5 Å². The number of benzene rings is 1. The fourth-order valence-electron chi connectivity index (χ4n) is 2.72. The highest BCUT2D eigenvalue weighted by Gasteiger charge is 2.32. The third-order valence-electron chi connectivity index (χ3n) is 3.99. The zero-order valence-corrected chi connectivity index (χ0v) is 15.9. The summed E-state index contributed by atoms with van der Waals surface area (Å²) >= 11 is 0. The summed E-state index contributed by atoms with van der Waals surface area (Å²) in [6, 6.07) is 8.37. The maximum absolute atomic E-state index is 12.9. The number of alkyl halides is 3. The topological polar surface area (TPSA) is 72.0 Å². The number of nitrogens with one attached hydrogen (secondary N) is 2. The van der Waals surface area contributed by atoms with E-state index in [1.807, 2.05) is 25.1 Å². The van der Waals surface area contributed by atoms with Gasteiger partial charge in [-0.3, -0.25) is 4.98 Å². The van der Waals surface area contributed by atoms with Gasteiger partial charge in [-0.1, -0.05) is 6.07 Å². The van der Waals surface area contributed by atoms with Crippen molar-refractivity contribution in [1.29, 1.82) is 0 Å². The normalized spacial score (nSPS) is 11.3. The van der Waals surface area contributed by atoms with Crippen LogP contribution in [0.2, 0.25) is 0 Å². The lowest BCUT2D eigenvalue weighted by molar-refractivity contribution is -0.141. The molecule has 0 spiro atoms. The van der Waals surface area contributed by atoms with Gasteiger partial charge in [-0.15, -0.1) is 0 Å². The second kappa shape index (κ2) is 8.87. The summed E-state index contributed by atoms with van der Waals surface area (Å²) in [6.07, 6.45) is -0.0155. The number of hydrogen-bond donors (Lipinski definition) is 2. The molecule has 0 fully saturated rings. The van der Waals surface area contributed by atoms with Crippen molar-refractivity contribution in [2.45, 2.75) is 13.1 Å². The second-order valence-electron chi connectivity index (χ2n) is 6.36. The number of rotatable bonds is 7. The number of anilines is 3. The highest BCUT2D eigenvalue weighted by molar-refractivity contribution is 5.72. The van der Waals surface area contributed by atoms with E-state index in [0.29, 0.717) is 18.8 Å². The Morgan fingerprint density at radius 3 is 2.59 bits per heavy atom. The van der Waals surface area contributed by atoms with Crippen molar-refractivity contribution in [2.24, 2.45) is 0 Å². The molecule has 0 atom stereocenters. The Kier molecular flexibility index (Phi) is 6.28. The Hall–Kier alpha value is -3.20. The molecule has 3 rings (SSSR count). The Balaban J connectivity index is 1.85. The predicted molar refractivity (Wildman–Crippen MR) is 105 cm³/mol. The molecule has 2 heterocycles. The Bertz CT molecular complexity index is 978. The number of aromatic nitrogens is 3. The first-order chi connectivity index (χ1) is 13.8. The zero-order chi connectivity index (χ0) is 20.9. The van der Waals surface area contributed by atoms with Crippen LogP contribution >= 0.6 is 0 Å². The van der Waals surface area contributed by atoms with Gasteiger partial charge in [0.1, 0.15) is 5.69 Å². The van der Waals surface area contributed by atoms with E-state index in [2.05, 4.69) is 25.6 Å². The first kappa shape index (κ1) is 20.5. The monoisotopic (exact) mass is 403 g/mol. The molecule has 1 aromatic carbocycles. The number of nitrogens with zero attached hydrogens (tertiary/aromatic N) is 3. The standard InChI is InChI=1S/C20H20F3N5O/c1-13-7-14(15-10-17(12-24-11-15)25-5-6-29-2)9-16(8-13)27-19-26-4-3-18(28-19)20(21,22)23/h3-4,7-12,25H,5-6H2,1-2H3,(H,26,27,28). The van der Waals surface area contributed by atoms with Gasteiger partial charge in [-0.05, 0) is 42.3 Å². The molecule has 0 aliphatic carbocycles. The van der Waals surface area contributed by atoms with Crippen molar-refractivity contribution in [2.75, 3.05) is 30.9 Å². The van der Waals surface area contributed by atoms with E-state index in [4.69, 9.17) is 4.74 Å². The Morgan fingerprint density at radius 1 is 1.03 bits per heavy atom. The van der Waals surface area contributed by atoms with Crippen LogP contribution in [-0.2, 0) is 10.9 Å². The van der Waals surface area contributed by atoms with Gasteiger partial charge in [-0.25, -0.2) is 9.97 Å². The van der Waals surface area contributed by atoms with Gasteiger partial charge >= 0.3 is 6.18 Å². The maximum Gasteiger partial charge on any atom is 0.433 e. The lowest BCUT2D eigenvalue weighted by atomic mass is 10.0. The van der Waals surface area contributed by atoms with Gasteiger partial charge in [0.25, 0.3) is 0 Å². The van der Waals surface area contributed by atoms with Gasteiger partial charge in [0.15, 0.2) is 0 Å². The van der Waals surface area contributed by atoms with E-state index < -0.39 is 11.9 Å².